The van der Waals surface area contributed by atoms with Crippen LogP contribution in [-0.4, -0.2) is 34.7 Å². The average Bonchev–Trinajstić information content (AvgIpc) is 2.57. The fourth-order valence-corrected chi connectivity index (χ4v) is 3.03. The zero-order valence-electron chi connectivity index (χ0n) is 12.6. The van der Waals surface area contributed by atoms with E-state index in [-0.39, 0.29) is 12.4 Å². The molecule has 22 heavy (non-hydrogen) atoms. The summed E-state index contributed by atoms with van der Waals surface area (Å²) in [5, 5.41) is 9.30. The Morgan fingerprint density at radius 1 is 1.18 bits per heavy atom. The molecule has 0 saturated carbocycles. The van der Waals surface area contributed by atoms with Crippen LogP contribution in [0.5, 0.6) is 0 Å². The second-order valence-electron chi connectivity index (χ2n) is 5.98. The number of hydrogen-bond donors (Lipinski definition) is 1. The molecule has 0 radical (unpaired) electrons. The van der Waals surface area contributed by atoms with Gasteiger partial charge in [-0.2, -0.15) is 0 Å². The number of halogens is 1. The van der Waals surface area contributed by atoms with E-state index >= 15 is 0 Å². The van der Waals surface area contributed by atoms with Gasteiger partial charge in [-0.1, -0.05) is 24.3 Å². The summed E-state index contributed by atoms with van der Waals surface area (Å²) in [6.07, 6.45) is 3.52. The number of rotatable bonds is 4. The topological polar surface area (TPSA) is 36.4 Å². The van der Waals surface area contributed by atoms with Crippen LogP contribution in [0.15, 0.2) is 42.6 Å². The highest BCUT2D eigenvalue weighted by atomic mass is 19.1. The molecule has 4 heteroatoms. The molecule has 2 heterocycles. The molecule has 1 aromatic carbocycles. The molecule has 0 bridgehead atoms. The molecule has 1 fully saturated rings. The number of piperidine rings is 1. The van der Waals surface area contributed by atoms with Crippen LogP contribution in [0.2, 0.25) is 0 Å². The van der Waals surface area contributed by atoms with Crippen molar-refractivity contribution in [1.29, 1.82) is 0 Å². The Balaban J connectivity index is 1.65. The number of aromatic nitrogens is 1. The Morgan fingerprint density at radius 2 is 2.00 bits per heavy atom. The molecule has 2 aromatic rings. The Kier molecular flexibility index (Phi) is 4.80. The van der Waals surface area contributed by atoms with Crippen molar-refractivity contribution in [3.8, 4) is 11.3 Å². The van der Waals surface area contributed by atoms with E-state index in [0.29, 0.717) is 5.92 Å². The smallest absolute Gasteiger partial charge is 0.141 e. The summed E-state index contributed by atoms with van der Waals surface area (Å²) >= 11 is 0. The molecule has 1 atom stereocenters. The Bertz CT molecular complexity index is 597. The first-order chi connectivity index (χ1) is 10.7. The molecule has 0 spiro atoms. The predicted octanol–water partition coefficient (Wildman–Crippen LogP) is 3.09. The molecule has 0 amide bonds. The minimum atomic E-state index is -0.316. The van der Waals surface area contributed by atoms with Gasteiger partial charge in [0.2, 0.25) is 0 Å². The van der Waals surface area contributed by atoms with Crippen LogP contribution in [0.4, 0.5) is 4.39 Å². The van der Waals surface area contributed by atoms with Crippen molar-refractivity contribution in [2.24, 2.45) is 5.92 Å². The van der Waals surface area contributed by atoms with Gasteiger partial charge in [0.1, 0.15) is 5.82 Å². The lowest BCUT2D eigenvalue weighted by atomic mass is 9.98. The summed E-state index contributed by atoms with van der Waals surface area (Å²) in [5.74, 6) is 0.0975. The molecule has 1 N–H and O–H groups in total. The van der Waals surface area contributed by atoms with Crippen molar-refractivity contribution in [2.75, 3.05) is 19.7 Å². The fraction of sp³-hybridized carbons (Fsp3) is 0.389. The number of benzene rings is 1. The van der Waals surface area contributed by atoms with E-state index in [2.05, 4.69) is 22.0 Å². The van der Waals surface area contributed by atoms with Gasteiger partial charge in [-0.05, 0) is 43.0 Å². The maximum absolute atomic E-state index is 12.9. The molecule has 1 saturated heterocycles. The molecule has 0 aliphatic carbocycles. The third kappa shape index (κ3) is 3.70. The van der Waals surface area contributed by atoms with Gasteiger partial charge < -0.3 is 5.11 Å². The molecule has 3 rings (SSSR count). The van der Waals surface area contributed by atoms with Crippen molar-refractivity contribution in [3.05, 3.63) is 54.0 Å². The molecule has 3 nitrogen and oxygen atoms in total. The van der Waals surface area contributed by atoms with Gasteiger partial charge in [-0.15, -0.1) is 0 Å². The minimum absolute atomic E-state index is 0.283. The number of likely N-dealkylation sites (tertiary alicyclic amines) is 1. The van der Waals surface area contributed by atoms with Crippen LogP contribution in [0.25, 0.3) is 11.3 Å². The highest BCUT2D eigenvalue weighted by molar-refractivity contribution is 5.59. The molecular formula is C18H21FN2O. The van der Waals surface area contributed by atoms with E-state index in [4.69, 9.17) is 0 Å². The maximum Gasteiger partial charge on any atom is 0.141 e. The second-order valence-corrected chi connectivity index (χ2v) is 5.98. The van der Waals surface area contributed by atoms with Crippen molar-refractivity contribution in [1.82, 2.24) is 9.88 Å². The predicted molar refractivity (Wildman–Crippen MR) is 84.7 cm³/mol. The number of pyridine rings is 1. The number of aliphatic hydroxyl groups is 1. The highest BCUT2D eigenvalue weighted by Gasteiger charge is 2.19. The van der Waals surface area contributed by atoms with Crippen molar-refractivity contribution >= 4 is 0 Å². The van der Waals surface area contributed by atoms with Crippen LogP contribution < -0.4 is 0 Å². The minimum Gasteiger partial charge on any atom is -0.396 e. The van der Waals surface area contributed by atoms with E-state index < -0.39 is 0 Å². The van der Waals surface area contributed by atoms with Gasteiger partial charge in [0.25, 0.3) is 0 Å². The first-order valence-electron chi connectivity index (χ1n) is 7.78. The van der Waals surface area contributed by atoms with E-state index in [1.807, 2.05) is 12.1 Å². The van der Waals surface area contributed by atoms with E-state index in [0.717, 1.165) is 43.7 Å². The van der Waals surface area contributed by atoms with Gasteiger partial charge in [0.15, 0.2) is 0 Å². The second kappa shape index (κ2) is 6.99. The van der Waals surface area contributed by atoms with Gasteiger partial charge in [0.05, 0.1) is 11.9 Å². The highest BCUT2D eigenvalue weighted by Crippen LogP contribution is 2.21. The van der Waals surface area contributed by atoms with Gasteiger partial charge >= 0.3 is 0 Å². The number of hydrogen-bond acceptors (Lipinski definition) is 3. The summed E-state index contributed by atoms with van der Waals surface area (Å²) in [7, 11) is 0. The van der Waals surface area contributed by atoms with Crippen LogP contribution in [0.3, 0.4) is 0 Å². The van der Waals surface area contributed by atoms with Crippen molar-refractivity contribution in [2.45, 2.75) is 19.4 Å². The van der Waals surface area contributed by atoms with Crippen LogP contribution >= 0.6 is 0 Å². The average molecular weight is 300 g/mol. The zero-order valence-corrected chi connectivity index (χ0v) is 12.6. The first-order valence-corrected chi connectivity index (χ1v) is 7.78. The normalized spacial score (nSPS) is 19.3. The van der Waals surface area contributed by atoms with Crippen molar-refractivity contribution < 1.29 is 9.50 Å². The standard InChI is InChI=1S/C18H21FN2O/c19-17-7-8-18(20-10-17)16-5-3-14(4-6-16)11-21-9-1-2-15(12-21)13-22/h3-8,10,15,22H,1-2,9,11-13H2. The van der Waals surface area contributed by atoms with E-state index in [1.54, 1.807) is 6.07 Å². The third-order valence-electron chi connectivity index (χ3n) is 4.24. The summed E-state index contributed by atoms with van der Waals surface area (Å²) in [4.78, 5) is 6.50. The Morgan fingerprint density at radius 3 is 2.68 bits per heavy atom. The maximum atomic E-state index is 12.9. The zero-order chi connectivity index (χ0) is 15.4. The van der Waals surface area contributed by atoms with E-state index in [9.17, 15) is 9.50 Å². The largest absolute Gasteiger partial charge is 0.396 e. The number of aliphatic hydroxyl groups excluding tert-OH is 1. The summed E-state index contributed by atoms with van der Waals surface area (Å²) < 4.78 is 12.9. The summed E-state index contributed by atoms with van der Waals surface area (Å²) in [6.45, 7) is 3.26. The molecule has 1 aliphatic heterocycles. The first kappa shape index (κ1) is 15.1. The van der Waals surface area contributed by atoms with Crippen molar-refractivity contribution in [3.63, 3.8) is 0 Å². The lowest BCUT2D eigenvalue weighted by Gasteiger charge is -2.31. The third-order valence-corrected chi connectivity index (χ3v) is 4.24. The quantitative estimate of drug-likeness (QED) is 0.942. The summed E-state index contributed by atoms with van der Waals surface area (Å²) in [6, 6.07) is 11.4. The van der Waals surface area contributed by atoms with Crippen LogP contribution in [-0.2, 0) is 6.54 Å². The van der Waals surface area contributed by atoms with Crippen LogP contribution in [0.1, 0.15) is 18.4 Å². The molecule has 1 unspecified atom stereocenters. The number of nitrogens with zero attached hydrogens (tertiary/aromatic N) is 2. The van der Waals surface area contributed by atoms with Crippen LogP contribution in [0, 0.1) is 11.7 Å². The molecule has 116 valence electrons. The monoisotopic (exact) mass is 300 g/mol. The fourth-order valence-electron chi connectivity index (χ4n) is 3.03. The Labute approximate surface area is 130 Å². The SMILES string of the molecule is OCC1CCCN(Cc2ccc(-c3ccc(F)cn3)cc2)C1. The molecular weight excluding hydrogens is 279 g/mol. The van der Waals surface area contributed by atoms with Gasteiger partial charge in [0, 0.05) is 25.3 Å². The van der Waals surface area contributed by atoms with Gasteiger partial charge in [-0.3, -0.25) is 9.88 Å². The Hall–Kier alpha value is -1.78. The van der Waals surface area contributed by atoms with Gasteiger partial charge in [-0.25, -0.2) is 4.39 Å². The molecule has 1 aromatic heterocycles. The summed E-state index contributed by atoms with van der Waals surface area (Å²) in [5.41, 5.74) is 3.03. The molecule has 1 aliphatic rings. The lowest BCUT2D eigenvalue weighted by molar-refractivity contribution is 0.116. The van der Waals surface area contributed by atoms with E-state index in [1.165, 1.54) is 17.8 Å². The lowest BCUT2D eigenvalue weighted by Crippen LogP contribution is -2.36.